The second-order valence-corrected chi connectivity index (χ2v) is 11.2. The minimum Gasteiger partial charge on any atom is -0.343 e. The molecule has 7 nitrogen and oxygen atoms in total. The summed E-state index contributed by atoms with van der Waals surface area (Å²) >= 11 is 7.34. The summed E-state index contributed by atoms with van der Waals surface area (Å²) in [4.78, 5) is 48.1. The van der Waals surface area contributed by atoms with E-state index in [1.54, 1.807) is 6.20 Å². The Morgan fingerprint density at radius 1 is 1.09 bits per heavy atom. The maximum Gasteiger partial charge on any atom is 0.233 e. The number of carbonyl (C=O) groups is 3. The molecular formula is C25H29ClN4O3S. The van der Waals surface area contributed by atoms with Gasteiger partial charge in [-0.15, -0.1) is 11.3 Å². The molecule has 1 aromatic carbocycles. The van der Waals surface area contributed by atoms with E-state index in [1.807, 2.05) is 33.8 Å². The third-order valence-electron chi connectivity index (χ3n) is 7.36. The van der Waals surface area contributed by atoms with Crippen molar-refractivity contribution < 1.29 is 14.4 Å². The first-order valence-electron chi connectivity index (χ1n) is 12.0. The van der Waals surface area contributed by atoms with Crippen LogP contribution in [0.25, 0.3) is 0 Å². The topological polar surface area (TPSA) is 73.8 Å². The molecular weight excluding hydrogens is 472 g/mol. The molecule has 1 unspecified atom stereocenters. The SMILES string of the molecule is CCC(=O)N1CCC2(C1)CN(C(=O)Cc1ncc(Cl)s1)c1ccc(CCC(=O)N3CCC3)cc12. The summed E-state index contributed by atoms with van der Waals surface area (Å²) in [6.45, 7) is 5.51. The van der Waals surface area contributed by atoms with Crippen LogP contribution in [0.3, 0.4) is 0 Å². The van der Waals surface area contributed by atoms with Crippen molar-refractivity contribution in [3.05, 3.63) is 44.9 Å². The van der Waals surface area contributed by atoms with Crippen molar-refractivity contribution in [2.24, 2.45) is 0 Å². The van der Waals surface area contributed by atoms with Gasteiger partial charge in [-0.25, -0.2) is 4.98 Å². The average Bonchev–Trinajstić information content (AvgIpc) is 3.49. The number of benzene rings is 1. The first-order chi connectivity index (χ1) is 16.4. The summed E-state index contributed by atoms with van der Waals surface area (Å²) in [5.74, 6) is 0.350. The van der Waals surface area contributed by atoms with Gasteiger partial charge < -0.3 is 14.7 Å². The molecule has 180 valence electrons. The minimum atomic E-state index is -0.270. The van der Waals surface area contributed by atoms with Gasteiger partial charge >= 0.3 is 0 Å². The lowest BCUT2D eigenvalue weighted by molar-refractivity contribution is -0.134. The zero-order valence-electron chi connectivity index (χ0n) is 19.4. The van der Waals surface area contributed by atoms with Crippen LogP contribution >= 0.6 is 22.9 Å². The van der Waals surface area contributed by atoms with E-state index in [2.05, 4.69) is 11.1 Å². The molecule has 2 fully saturated rings. The third-order valence-corrected chi connectivity index (χ3v) is 8.47. The zero-order valence-corrected chi connectivity index (χ0v) is 21.0. The minimum absolute atomic E-state index is 0.00915. The number of nitrogens with zero attached hydrogens (tertiary/aromatic N) is 4. The molecule has 3 aliphatic heterocycles. The third kappa shape index (κ3) is 4.33. The van der Waals surface area contributed by atoms with Gasteiger partial charge in [0.05, 0.1) is 12.6 Å². The van der Waals surface area contributed by atoms with E-state index in [9.17, 15) is 14.4 Å². The first-order valence-corrected chi connectivity index (χ1v) is 13.2. The number of hydrogen-bond acceptors (Lipinski definition) is 5. The Kier molecular flexibility index (Phi) is 6.37. The Labute approximate surface area is 208 Å². The number of amides is 3. The molecule has 1 spiro atoms. The molecule has 1 aromatic heterocycles. The van der Waals surface area contributed by atoms with Crippen molar-refractivity contribution in [2.75, 3.05) is 37.6 Å². The number of aromatic nitrogens is 1. The molecule has 0 radical (unpaired) electrons. The van der Waals surface area contributed by atoms with Gasteiger partial charge in [-0.05, 0) is 36.5 Å². The van der Waals surface area contributed by atoms with Gasteiger partial charge in [0.25, 0.3) is 0 Å². The number of fused-ring (bicyclic) bond motifs is 2. The normalized spacial score (nSPS) is 21.2. The predicted octanol–water partition coefficient (Wildman–Crippen LogP) is 3.43. The lowest BCUT2D eigenvalue weighted by Crippen LogP contribution is -2.42. The van der Waals surface area contributed by atoms with Gasteiger partial charge in [0.2, 0.25) is 17.7 Å². The fourth-order valence-corrected chi connectivity index (χ4v) is 6.27. The highest BCUT2D eigenvalue weighted by atomic mass is 35.5. The van der Waals surface area contributed by atoms with E-state index in [1.165, 1.54) is 11.3 Å². The Morgan fingerprint density at radius 3 is 2.59 bits per heavy atom. The van der Waals surface area contributed by atoms with Crippen LogP contribution in [0.1, 0.15) is 48.7 Å². The molecule has 4 heterocycles. The molecule has 9 heteroatoms. The number of rotatable bonds is 6. The Morgan fingerprint density at radius 2 is 1.91 bits per heavy atom. The van der Waals surface area contributed by atoms with Crippen molar-refractivity contribution in [3.63, 3.8) is 0 Å². The molecule has 34 heavy (non-hydrogen) atoms. The average molecular weight is 501 g/mol. The lowest BCUT2D eigenvalue weighted by Gasteiger charge is -2.31. The van der Waals surface area contributed by atoms with Crippen LogP contribution in [0, 0.1) is 0 Å². The van der Waals surface area contributed by atoms with Crippen molar-refractivity contribution in [3.8, 4) is 0 Å². The van der Waals surface area contributed by atoms with E-state index in [0.717, 1.165) is 42.7 Å². The summed E-state index contributed by atoms with van der Waals surface area (Å²) in [5.41, 5.74) is 2.87. The summed E-state index contributed by atoms with van der Waals surface area (Å²) in [5, 5.41) is 0.702. The molecule has 0 bridgehead atoms. The molecule has 3 aliphatic rings. The van der Waals surface area contributed by atoms with E-state index in [4.69, 9.17) is 11.6 Å². The van der Waals surface area contributed by atoms with Gasteiger partial charge in [0.1, 0.15) is 9.34 Å². The summed E-state index contributed by atoms with van der Waals surface area (Å²) < 4.78 is 0.572. The van der Waals surface area contributed by atoms with Crippen LogP contribution in [-0.2, 0) is 32.6 Å². The van der Waals surface area contributed by atoms with Crippen molar-refractivity contribution in [2.45, 2.75) is 50.9 Å². The number of halogens is 1. The highest BCUT2D eigenvalue weighted by molar-refractivity contribution is 7.15. The molecule has 0 saturated carbocycles. The Bertz CT molecular complexity index is 1130. The van der Waals surface area contributed by atoms with Crippen molar-refractivity contribution in [1.82, 2.24) is 14.8 Å². The fourth-order valence-electron chi connectivity index (χ4n) is 5.32. The van der Waals surface area contributed by atoms with E-state index in [-0.39, 0.29) is 29.6 Å². The van der Waals surface area contributed by atoms with Crippen LogP contribution in [0.4, 0.5) is 5.69 Å². The van der Waals surface area contributed by atoms with Gasteiger partial charge in [-0.3, -0.25) is 14.4 Å². The molecule has 0 aliphatic carbocycles. The van der Waals surface area contributed by atoms with Gasteiger partial charge in [-0.2, -0.15) is 0 Å². The summed E-state index contributed by atoms with van der Waals surface area (Å²) in [6.07, 6.45) is 5.37. The number of aryl methyl sites for hydroxylation is 1. The number of thiazole rings is 1. The highest BCUT2D eigenvalue weighted by Gasteiger charge is 2.49. The van der Waals surface area contributed by atoms with Crippen molar-refractivity contribution in [1.29, 1.82) is 0 Å². The number of hydrogen-bond donors (Lipinski definition) is 0. The largest absolute Gasteiger partial charge is 0.343 e. The van der Waals surface area contributed by atoms with E-state index < -0.39 is 0 Å². The van der Waals surface area contributed by atoms with Crippen LogP contribution in [0.15, 0.2) is 24.4 Å². The highest BCUT2D eigenvalue weighted by Crippen LogP contribution is 2.47. The molecule has 0 N–H and O–H groups in total. The van der Waals surface area contributed by atoms with E-state index in [0.29, 0.717) is 48.2 Å². The van der Waals surface area contributed by atoms with Crippen LogP contribution in [0.2, 0.25) is 4.34 Å². The van der Waals surface area contributed by atoms with Crippen LogP contribution in [-0.4, -0.2) is 65.2 Å². The Hall–Kier alpha value is -2.45. The summed E-state index contributed by atoms with van der Waals surface area (Å²) in [6, 6.07) is 6.22. The smallest absolute Gasteiger partial charge is 0.233 e. The zero-order chi connectivity index (χ0) is 23.9. The molecule has 5 rings (SSSR count). The second kappa shape index (κ2) is 9.30. The first kappa shape index (κ1) is 23.3. The van der Waals surface area contributed by atoms with E-state index >= 15 is 0 Å². The summed E-state index contributed by atoms with van der Waals surface area (Å²) in [7, 11) is 0. The Balaban J connectivity index is 1.40. The number of anilines is 1. The van der Waals surface area contributed by atoms with Gasteiger partial charge in [0, 0.05) is 56.7 Å². The quantitative estimate of drug-likeness (QED) is 0.609. The standard InChI is InChI=1S/C25H29ClN4O3S/c1-2-22(31)29-11-8-25(15-29)16-30(24(33)13-21-27-14-20(26)34-21)19-6-4-17(12-18(19)25)5-7-23(32)28-9-3-10-28/h4,6,12,14H,2-3,5,7-11,13,15-16H2,1H3. The molecule has 1 atom stereocenters. The van der Waals surface area contributed by atoms with Crippen LogP contribution in [0.5, 0.6) is 0 Å². The molecule has 2 saturated heterocycles. The monoisotopic (exact) mass is 500 g/mol. The maximum absolute atomic E-state index is 13.3. The lowest BCUT2D eigenvalue weighted by atomic mass is 9.80. The van der Waals surface area contributed by atoms with Gasteiger partial charge in [-0.1, -0.05) is 30.7 Å². The second-order valence-electron chi connectivity index (χ2n) is 9.50. The number of carbonyl (C=O) groups excluding carboxylic acids is 3. The van der Waals surface area contributed by atoms with Crippen molar-refractivity contribution >= 4 is 46.3 Å². The predicted molar refractivity (Wildman–Crippen MR) is 132 cm³/mol. The van der Waals surface area contributed by atoms with Gasteiger partial charge in [0.15, 0.2) is 0 Å². The number of likely N-dealkylation sites (tertiary alicyclic amines) is 2. The maximum atomic E-state index is 13.3. The van der Waals surface area contributed by atoms with Crippen LogP contribution < -0.4 is 4.90 Å². The molecule has 3 amide bonds. The fraction of sp³-hybridized carbons (Fsp3) is 0.520. The molecule has 2 aromatic rings.